The lowest BCUT2D eigenvalue weighted by molar-refractivity contribution is 0.163. The smallest absolute Gasteiger partial charge is 0.258 e. The Morgan fingerprint density at radius 2 is 2.16 bits per heavy atom. The van der Waals surface area contributed by atoms with E-state index in [2.05, 4.69) is 20.9 Å². The van der Waals surface area contributed by atoms with Crippen LogP contribution >= 0.6 is 0 Å². The molecule has 1 aliphatic carbocycles. The summed E-state index contributed by atoms with van der Waals surface area (Å²) in [6.45, 7) is 4.36. The molecule has 0 saturated carbocycles. The van der Waals surface area contributed by atoms with Crippen LogP contribution in [0.3, 0.4) is 0 Å². The van der Waals surface area contributed by atoms with Crippen LogP contribution in [0.4, 0.5) is 0 Å². The summed E-state index contributed by atoms with van der Waals surface area (Å²) in [5, 5.41) is 13.4. The molecule has 1 N–H and O–H groups in total. The maximum atomic E-state index is 12.4. The first-order valence-electron chi connectivity index (χ1n) is 10.5. The molecular weight excluding hydrogens is 428 g/mol. The molecule has 166 valence electrons. The van der Waals surface area contributed by atoms with Gasteiger partial charge in [-0.05, 0) is 55.5 Å². The van der Waals surface area contributed by atoms with Crippen molar-refractivity contribution < 1.29 is 17.7 Å². The van der Waals surface area contributed by atoms with Crippen LogP contribution in [0.2, 0.25) is 0 Å². The summed E-state index contributed by atoms with van der Waals surface area (Å²) in [6.07, 6.45) is 1.37. The number of benzene rings is 2. The molecule has 32 heavy (non-hydrogen) atoms. The lowest BCUT2D eigenvalue weighted by Gasteiger charge is -2.15. The number of hydrogen-bond donors (Lipinski definition) is 1. The Morgan fingerprint density at radius 3 is 2.94 bits per heavy atom. The van der Waals surface area contributed by atoms with E-state index in [1.54, 1.807) is 6.07 Å². The first kappa shape index (κ1) is 22.1. The van der Waals surface area contributed by atoms with Gasteiger partial charge in [0, 0.05) is 23.8 Å². The van der Waals surface area contributed by atoms with Gasteiger partial charge >= 0.3 is 0 Å². The Kier molecular flexibility index (Phi) is 6.37. The molecule has 1 heterocycles. The zero-order valence-electron chi connectivity index (χ0n) is 18.0. The molecule has 0 saturated heterocycles. The van der Waals surface area contributed by atoms with E-state index in [1.807, 2.05) is 44.2 Å². The minimum atomic E-state index is -3.45. The van der Waals surface area contributed by atoms with Crippen molar-refractivity contribution in [2.45, 2.75) is 32.7 Å². The fourth-order valence-corrected chi connectivity index (χ4v) is 5.03. The molecule has 1 aliphatic rings. The van der Waals surface area contributed by atoms with E-state index in [0.717, 1.165) is 22.3 Å². The lowest BCUT2D eigenvalue weighted by atomic mass is 10.0. The van der Waals surface area contributed by atoms with Gasteiger partial charge in [0.25, 0.3) is 5.89 Å². The molecule has 9 heteroatoms. The maximum absolute atomic E-state index is 12.4. The number of nitrogens with one attached hydrogen (secondary N) is 1. The molecule has 8 nitrogen and oxygen atoms in total. The molecule has 3 aromatic rings. The molecule has 1 atom stereocenters. The number of rotatable bonds is 8. The highest BCUT2D eigenvalue weighted by Gasteiger charge is 2.29. The van der Waals surface area contributed by atoms with Gasteiger partial charge in [-0.3, -0.25) is 0 Å². The summed E-state index contributed by atoms with van der Waals surface area (Å²) in [5.74, 6) is 0.706. The summed E-state index contributed by atoms with van der Waals surface area (Å²) in [7, 11) is -3.45. The first-order chi connectivity index (χ1) is 15.4. The van der Waals surface area contributed by atoms with Gasteiger partial charge < -0.3 is 9.26 Å². The number of hydrogen-bond acceptors (Lipinski definition) is 7. The van der Waals surface area contributed by atoms with E-state index in [-0.39, 0.29) is 18.4 Å². The van der Waals surface area contributed by atoms with Crippen molar-refractivity contribution in [2.75, 3.05) is 19.0 Å². The van der Waals surface area contributed by atoms with E-state index < -0.39 is 10.0 Å². The van der Waals surface area contributed by atoms with Crippen molar-refractivity contribution in [2.24, 2.45) is 0 Å². The largest absolute Gasteiger partial charge is 0.381 e. The molecule has 0 spiro atoms. The molecule has 2 aromatic carbocycles. The van der Waals surface area contributed by atoms with Gasteiger partial charge in [-0.2, -0.15) is 10.2 Å². The van der Waals surface area contributed by atoms with Crippen molar-refractivity contribution in [3.63, 3.8) is 0 Å². The second kappa shape index (κ2) is 9.20. The topological polar surface area (TPSA) is 118 Å². The molecule has 0 bridgehead atoms. The van der Waals surface area contributed by atoms with Crippen LogP contribution in [0.5, 0.6) is 0 Å². The number of ether oxygens (including phenoxy) is 1. The van der Waals surface area contributed by atoms with Gasteiger partial charge in [-0.15, -0.1) is 0 Å². The van der Waals surface area contributed by atoms with Gasteiger partial charge in [-0.1, -0.05) is 29.4 Å². The second-order valence-corrected chi connectivity index (χ2v) is 9.54. The third-order valence-corrected chi connectivity index (χ3v) is 6.91. The summed E-state index contributed by atoms with van der Waals surface area (Å²) in [5.41, 5.74) is 4.88. The highest BCUT2D eigenvalue weighted by atomic mass is 32.2. The number of nitriles is 1. The zero-order chi connectivity index (χ0) is 22.7. The Bertz CT molecular complexity index is 1280. The number of fused-ring (bicyclic) bond motifs is 1. The predicted molar refractivity (Wildman–Crippen MR) is 119 cm³/mol. The molecule has 4 rings (SSSR count). The van der Waals surface area contributed by atoms with Crippen molar-refractivity contribution in [1.82, 2.24) is 14.9 Å². The second-order valence-electron chi connectivity index (χ2n) is 7.66. The normalized spacial score (nSPS) is 15.5. The molecule has 1 unspecified atom stereocenters. The lowest BCUT2D eigenvalue weighted by Crippen LogP contribution is -2.31. The number of nitrogens with zero attached hydrogens (tertiary/aromatic N) is 3. The number of aromatic nitrogens is 2. The van der Waals surface area contributed by atoms with Crippen LogP contribution in [-0.2, 0) is 21.2 Å². The molecular formula is C23H24N4O4S. The Labute approximate surface area is 187 Å². The van der Waals surface area contributed by atoms with Gasteiger partial charge in [-0.25, -0.2) is 13.1 Å². The van der Waals surface area contributed by atoms with Crippen LogP contribution in [0.15, 0.2) is 40.9 Å². The quantitative estimate of drug-likeness (QED) is 0.519. The third kappa shape index (κ3) is 4.58. The number of aryl methyl sites for hydroxylation is 1. The molecule has 0 fully saturated rings. The van der Waals surface area contributed by atoms with E-state index >= 15 is 0 Å². The summed E-state index contributed by atoms with van der Waals surface area (Å²) < 4.78 is 38.3. The molecule has 0 amide bonds. The predicted octanol–water partition coefficient (Wildman–Crippen LogP) is 3.53. The van der Waals surface area contributed by atoms with E-state index in [4.69, 9.17) is 9.26 Å². The maximum Gasteiger partial charge on any atom is 0.258 e. The Hall–Kier alpha value is -3.06. The van der Waals surface area contributed by atoms with Gasteiger partial charge in [0.2, 0.25) is 15.8 Å². The average molecular weight is 453 g/mol. The van der Waals surface area contributed by atoms with Gasteiger partial charge in [0.1, 0.15) is 0 Å². The van der Waals surface area contributed by atoms with Crippen LogP contribution < -0.4 is 4.72 Å². The van der Waals surface area contributed by atoms with Crippen molar-refractivity contribution in [3.05, 3.63) is 58.7 Å². The minimum absolute atomic E-state index is 0.0677. The van der Waals surface area contributed by atoms with Crippen LogP contribution in [0.1, 0.15) is 41.6 Å². The first-order valence-corrected chi connectivity index (χ1v) is 12.1. The average Bonchev–Trinajstić information content (AvgIpc) is 3.42. The SMILES string of the molecule is CCOCCS(=O)(=O)NC1CCc2c(-c3noc(-c4ccc(C)c(C#N)c4)n3)cccc21. The van der Waals surface area contributed by atoms with Crippen LogP contribution in [0.25, 0.3) is 22.8 Å². The van der Waals surface area contributed by atoms with Crippen molar-refractivity contribution in [3.8, 4) is 28.9 Å². The van der Waals surface area contributed by atoms with E-state index in [1.165, 1.54) is 0 Å². The highest BCUT2D eigenvalue weighted by Crippen LogP contribution is 2.37. The molecule has 0 aliphatic heterocycles. The standard InChI is InChI=1S/C23H24N4O4S/c1-3-30-11-12-32(28,29)27-21-10-9-18-19(21)5-4-6-20(18)22-25-23(31-26-22)16-8-7-15(2)17(13-16)14-24/h4-8,13,21,27H,3,9-12H2,1-2H3. The van der Waals surface area contributed by atoms with Crippen LogP contribution in [0, 0.1) is 18.3 Å². The van der Waals surface area contributed by atoms with Gasteiger partial charge in [0.15, 0.2) is 0 Å². The fourth-order valence-electron chi connectivity index (χ4n) is 3.90. The minimum Gasteiger partial charge on any atom is -0.381 e. The molecule has 0 radical (unpaired) electrons. The van der Waals surface area contributed by atoms with E-state index in [9.17, 15) is 13.7 Å². The third-order valence-electron chi connectivity index (χ3n) is 5.56. The monoisotopic (exact) mass is 452 g/mol. The van der Waals surface area contributed by atoms with Gasteiger partial charge in [0.05, 0.1) is 24.0 Å². The summed E-state index contributed by atoms with van der Waals surface area (Å²) >= 11 is 0. The Morgan fingerprint density at radius 1 is 1.31 bits per heavy atom. The van der Waals surface area contributed by atoms with Crippen molar-refractivity contribution >= 4 is 10.0 Å². The Balaban J connectivity index is 1.59. The fraction of sp³-hybridized carbons (Fsp3) is 0.348. The van der Waals surface area contributed by atoms with Crippen molar-refractivity contribution in [1.29, 1.82) is 5.26 Å². The zero-order valence-corrected chi connectivity index (χ0v) is 18.8. The number of sulfonamides is 1. The van der Waals surface area contributed by atoms with Crippen LogP contribution in [-0.4, -0.2) is 37.5 Å². The molecule has 1 aromatic heterocycles. The summed E-state index contributed by atoms with van der Waals surface area (Å²) in [4.78, 5) is 4.54. The highest BCUT2D eigenvalue weighted by molar-refractivity contribution is 7.89. The van der Waals surface area contributed by atoms with E-state index in [0.29, 0.717) is 42.3 Å². The summed E-state index contributed by atoms with van der Waals surface area (Å²) in [6, 6.07) is 13.0.